The van der Waals surface area contributed by atoms with E-state index in [4.69, 9.17) is 36.0 Å². The zero-order valence-electron chi connectivity index (χ0n) is 68.8. The van der Waals surface area contributed by atoms with Crippen molar-refractivity contribution in [3.05, 3.63) is 259 Å². The molecule has 0 spiro atoms. The molecular formula is C90H97F12N7O17. The number of carbonyl (C=O) groups is 2. The summed E-state index contributed by atoms with van der Waals surface area (Å²) in [5, 5.41) is 11.7. The highest BCUT2D eigenvalue weighted by atomic mass is 19.4. The van der Waals surface area contributed by atoms with Crippen molar-refractivity contribution in [2.24, 2.45) is 41.8 Å². The maximum Gasteiger partial charge on any atom is 0.433 e. The number of allylic oxidation sites excluding steroid dienone is 2. The van der Waals surface area contributed by atoms with Crippen molar-refractivity contribution in [3.63, 3.8) is 0 Å². The van der Waals surface area contributed by atoms with Crippen LogP contribution in [0.3, 0.4) is 0 Å². The monoisotopic (exact) mass is 1780 g/mol. The molecule has 678 valence electrons. The molecule has 36 heteroatoms. The average molecular weight is 1780 g/mol. The third-order valence-corrected chi connectivity index (χ3v) is 21.2. The van der Waals surface area contributed by atoms with Crippen molar-refractivity contribution < 1.29 is 98.3 Å². The number of amides is 1. The van der Waals surface area contributed by atoms with Gasteiger partial charge in [-0.25, -0.2) is 64.7 Å². The third-order valence-electron chi connectivity index (χ3n) is 21.2. The van der Waals surface area contributed by atoms with Crippen LogP contribution < -0.4 is 44.7 Å². The fourth-order valence-electron chi connectivity index (χ4n) is 15.2. The van der Waals surface area contributed by atoms with Crippen LogP contribution in [0.1, 0.15) is 267 Å². The number of unbranched alkanes of at least 4 members (excludes halogenated alkanes) is 5. The number of carboxylic acids is 1. The normalized spacial score (nSPS) is 15.0. The molecule has 126 heavy (non-hydrogen) atoms. The summed E-state index contributed by atoms with van der Waals surface area (Å²) < 4.78 is 189. The molecule has 7 aromatic heterocycles. The second-order valence-electron chi connectivity index (χ2n) is 30.5. The number of rotatable bonds is 29. The number of hydrogen-bond acceptors (Lipinski definition) is 22. The fourth-order valence-corrected chi connectivity index (χ4v) is 15.2. The number of aliphatic imine (C=N–C) groups is 6. The minimum Gasteiger partial charge on any atom is -0.477 e. The van der Waals surface area contributed by atoms with Crippen LogP contribution in [0.15, 0.2) is 162 Å². The molecule has 0 bridgehead atoms. The third kappa shape index (κ3) is 26.0. The largest absolute Gasteiger partial charge is 0.477 e. The van der Waals surface area contributed by atoms with Gasteiger partial charge in [-0.3, -0.25) is 34.7 Å². The van der Waals surface area contributed by atoms with Crippen LogP contribution in [-0.4, -0.2) is 82.9 Å². The number of nitrogens with one attached hydrogen (secondary N) is 1. The topological polar surface area (TPSA) is 352 Å². The zero-order chi connectivity index (χ0) is 90.6. The molecule has 1 amide bonds. The molecule has 16 rings (SSSR count). The lowest BCUT2D eigenvalue weighted by molar-refractivity contribution is -0.129. The van der Waals surface area contributed by atoms with E-state index in [-0.39, 0.29) is 115 Å². The highest BCUT2D eigenvalue weighted by molar-refractivity contribution is 6.43. The summed E-state index contributed by atoms with van der Waals surface area (Å²) in [5.41, 5.74) is 0.247. The van der Waals surface area contributed by atoms with E-state index in [0.29, 0.717) is 131 Å². The van der Waals surface area contributed by atoms with Crippen molar-refractivity contribution in [2.75, 3.05) is 0 Å². The van der Waals surface area contributed by atoms with E-state index in [1.165, 1.54) is 62.1 Å². The second-order valence-corrected chi connectivity index (χ2v) is 30.5. The van der Waals surface area contributed by atoms with Crippen molar-refractivity contribution in [1.29, 1.82) is 0 Å². The molecule has 24 nitrogen and oxygen atoms in total. The van der Waals surface area contributed by atoms with E-state index in [1.807, 2.05) is 13.8 Å². The van der Waals surface area contributed by atoms with Crippen LogP contribution in [0.5, 0.6) is 0 Å². The van der Waals surface area contributed by atoms with Crippen LogP contribution in [0.25, 0.3) is 0 Å². The summed E-state index contributed by atoms with van der Waals surface area (Å²) in [7, 11) is 0. The van der Waals surface area contributed by atoms with E-state index in [2.05, 4.69) is 55.4 Å². The van der Waals surface area contributed by atoms with Crippen molar-refractivity contribution in [1.82, 2.24) is 5.32 Å². The molecule has 7 aromatic rings. The van der Waals surface area contributed by atoms with Crippen molar-refractivity contribution in [3.8, 4) is 0 Å². The number of fused-ring (bicyclic) bond motifs is 7. The SMILES string of the molecule is C.C=CCCCc1cc(=O)oc2c1C(C(F)(F)F)=NC2.C=CCCCc1cc(=O)oc2c1C(C(F)F)=NC2.CCCCc1cc(=O)oc2c1C(=O)NC2.CCCCc1cc(=O)oc2c1C(C(=O)O)=NC2.CCCCc1cc(=O)oc2c1C(C(F)F)=NC2.O=c1cc(CCCC2CC2)c2c(o1)CN=C2C(F)(F)F.O=c1cc(CCCC2CC2)c2c(o1)CN=C2C(F)F. The maximum absolute atomic E-state index is 12.9. The Bertz CT molecular complexity index is 5770. The number of alkyl halides is 12. The van der Waals surface area contributed by atoms with Crippen LogP contribution >= 0.6 is 0 Å². The van der Waals surface area contributed by atoms with Crippen LogP contribution in [0.4, 0.5) is 52.7 Å². The lowest BCUT2D eigenvalue weighted by Crippen LogP contribution is -2.24. The van der Waals surface area contributed by atoms with Crippen LogP contribution in [0, 0.1) is 11.8 Å². The molecule has 0 radical (unpaired) electrons. The second kappa shape index (κ2) is 44.9. The first-order chi connectivity index (χ1) is 59.6. The summed E-state index contributed by atoms with van der Waals surface area (Å²) in [6, 6.07) is 9.03. The summed E-state index contributed by atoms with van der Waals surface area (Å²) in [6.07, 6.45) is 7.97. The van der Waals surface area contributed by atoms with E-state index >= 15 is 0 Å². The highest BCUT2D eigenvalue weighted by Crippen LogP contribution is 2.39. The van der Waals surface area contributed by atoms with Gasteiger partial charge in [0.15, 0.2) is 17.1 Å². The van der Waals surface area contributed by atoms with Gasteiger partial charge in [-0.15, -0.1) is 13.2 Å². The van der Waals surface area contributed by atoms with Gasteiger partial charge < -0.3 is 41.3 Å². The minimum absolute atomic E-state index is 0. The van der Waals surface area contributed by atoms with Gasteiger partial charge in [0.1, 0.15) is 57.5 Å². The van der Waals surface area contributed by atoms with Crippen LogP contribution in [-0.2, 0) is 95.6 Å². The fraction of sp³-hybridized carbons (Fsp3) is 0.478. The lowest BCUT2D eigenvalue weighted by Gasteiger charge is -2.11. The molecule has 2 saturated carbocycles. The van der Waals surface area contributed by atoms with E-state index in [9.17, 15) is 95.8 Å². The average Bonchev–Trinajstić information content (AvgIpc) is 1.62. The van der Waals surface area contributed by atoms with Crippen molar-refractivity contribution >= 4 is 46.1 Å². The molecule has 9 aliphatic rings. The molecule has 14 heterocycles. The smallest absolute Gasteiger partial charge is 0.433 e. The van der Waals surface area contributed by atoms with E-state index in [1.54, 1.807) is 12.2 Å². The number of halogens is 12. The number of carboxylic acid groups (broad SMARTS) is 1. The molecule has 0 atom stereocenters. The lowest BCUT2D eigenvalue weighted by atomic mass is 9.98. The predicted molar refractivity (Wildman–Crippen MR) is 445 cm³/mol. The maximum atomic E-state index is 12.9. The number of carbonyl (C=O) groups excluding carboxylic acids is 1. The Labute approximate surface area is 713 Å². The Balaban J connectivity index is 0.000000166. The standard InChI is InChI=1S/C14H14F3NO2.C14H15F2NO2.C13H12F3NO2.C13H13F2NO2.C12H13F2NO2.C12H13NO4.C11H13NO3.CH4/c15-14(16,17)13-12-9(3-1-2-8-4-5-8)6-11(19)20-10(12)7-18-13;15-14(16)13-12-9(3-1-2-8-4-5-8)6-11(18)19-10(12)7-17-13;1-2-3-4-5-8-6-10(18)19-9-7-17-12(11(8)9)13(14,15)16;1-2-3-4-5-8-6-10(17)18-9-7-16-12(11(8)9)13(14)15;1-2-3-4-7-5-9(16)17-8-6-15-11(10(7)8)12(13)14;1-2-3-4-7-5-9(14)17-8-6-13-11(10(7)8)12(15)16;1-2-3-4-7-5-9(13)15-8-6-12-11(14)10(7)8;/h6,8H,1-5,7H2;6,8,14H,1-5,7H2;2,6H,1,3-5,7H2;2,6,13H,1,3-5,7H2;5,12H,2-4,6H2,1H3;5H,2-4,6H2,1H3,(H,15,16);5H,2-4,6H2,1H3,(H,12,14);1H4. The molecule has 2 aliphatic carbocycles. The first kappa shape index (κ1) is 98.0. The summed E-state index contributed by atoms with van der Waals surface area (Å²) >= 11 is 0. The van der Waals surface area contributed by atoms with E-state index < -0.39 is 82.8 Å². The Morgan fingerprint density at radius 1 is 0.397 bits per heavy atom. The summed E-state index contributed by atoms with van der Waals surface area (Å²) in [4.78, 5) is 124. The predicted octanol–water partition coefficient (Wildman–Crippen LogP) is 17.7. The molecular weight excluding hydrogens is 1680 g/mol. The van der Waals surface area contributed by atoms with Crippen molar-refractivity contribution in [2.45, 2.75) is 266 Å². The number of aliphatic carboxylic acids is 1. The molecule has 2 N–H and O–H groups in total. The number of aryl methyl sites for hydroxylation is 7. The first-order valence-corrected chi connectivity index (χ1v) is 41.3. The Morgan fingerprint density at radius 2 is 0.659 bits per heavy atom. The van der Waals surface area contributed by atoms with Gasteiger partial charge in [0.25, 0.3) is 25.2 Å². The van der Waals surface area contributed by atoms with Gasteiger partial charge in [-0.2, -0.15) is 26.3 Å². The Hall–Kier alpha value is -11.8. The zero-order valence-corrected chi connectivity index (χ0v) is 68.8. The van der Waals surface area contributed by atoms with Gasteiger partial charge in [0.05, 0.1) is 56.9 Å². The molecule has 0 aromatic carbocycles. The Morgan fingerprint density at radius 3 is 0.952 bits per heavy atom. The summed E-state index contributed by atoms with van der Waals surface area (Å²) in [5.74, 6) is 2.07. The summed E-state index contributed by atoms with van der Waals surface area (Å²) in [6.45, 7) is 13.5. The molecule has 0 unspecified atom stereocenters. The molecule has 7 aliphatic heterocycles. The minimum atomic E-state index is -4.53. The van der Waals surface area contributed by atoms with Gasteiger partial charge in [-0.05, 0) is 154 Å². The van der Waals surface area contributed by atoms with Gasteiger partial charge in [-0.1, -0.05) is 98.1 Å². The molecule has 0 saturated heterocycles. The quantitative estimate of drug-likeness (QED) is 0.0250. The number of nitrogens with zero attached hydrogens (tertiary/aromatic N) is 6. The molecule has 2 fully saturated rings. The van der Waals surface area contributed by atoms with E-state index in [0.717, 1.165) is 112 Å². The van der Waals surface area contributed by atoms with Gasteiger partial charge >= 0.3 is 57.7 Å². The highest BCUT2D eigenvalue weighted by Gasteiger charge is 2.44. The van der Waals surface area contributed by atoms with Crippen LogP contribution in [0.2, 0.25) is 0 Å². The van der Waals surface area contributed by atoms with Gasteiger partial charge in [0.2, 0.25) is 0 Å². The van der Waals surface area contributed by atoms with Gasteiger partial charge in [0, 0.05) is 70.3 Å². The Kier molecular flexibility index (Phi) is 34.9. The first-order valence-electron chi connectivity index (χ1n) is 41.3. The number of hydrogen-bond donors (Lipinski definition) is 2.